The van der Waals surface area contributed by atoms with Crippen molar-refractivity contribution >= 4 is 5.78 Å². The first-order valence-corrected chi connectivity index (χ1v) is 11.2. The van der Waals surface area contributed by atoms with E-state index >= 15 is 0 Å². The zero-order valence-corrected chi connectivity index (χ0v) is 16.7. The summed E-state index contributed by atoms with van der Waals surface area (Å²) in [6.45, 7) is 4.71. The third-order valence-electron chi connectivity index (χ3n) is 8.77. The third-order valence-corrected chi connectivity index (χ3v) is 8.77. The minimum absolute atomic E-state index is 0.288. The first-order chi connectivity index (χ1) is 12.6. The van der Waals surface area contributed by atoms with Crippen LogP contribution in [0, 0.1) is 52.3 Å². The van der Waals surface area contributed by atoms with Crippen molar-refractivity contribution in [1.29, 1.82) is 5.26 Å². The maximum Gasteiger partial charge on any atom is 0.155 e. The van der Waals surface area contributed by atoms with Gasteiger partial charge in [-0.05, 0) is 105 Å². The summed E-state index contributed by atoms with van der Waals surface area (Å²) in [5.74, 6) is 4.46. The second-order valence-corrected chi connectivity index (χ2v) is 9.93. The molecule has 142 valence electrons. The first kappa shape index (κ1) is 18.3. The topological polar surface area (TPSA) is 40.9 Å². The standard InChI is InChI=1S/C24H35NO/c1-3-24-11-10-18(13-20(24)6-7-21(24)15-25)23-9-8-22(26)14-19(23)12-16(2)17-4-5-17/h14,16-18,20-21,23H,3-13H2,1-2H3/t16-,18-,20-,21+,23+,24-/m0/s1. The fraction of sp³-hybridized carbons (Fsp3) is 0.833. The van der Waals surface area contributed by atoms with Crippen molar-refractivity contribution in [3.8, 4) is 6.07 Å². The molecular weight excluding hydrogens is 318 g/mol. The molecule has 4 rings (SSSR count). The molecule has 0 amide bonds. The molecule has 0 radical (unpaired) electrons. The molecule has 0 unspecified atom stereocenters. The molecular formula is C24H35NO. The molecule has 0 aliphatic heterocycles. The normalized spacial score (nSPS) is 41.3. The number of hydrogen-bond acceptors (Lipinski definition) is 2. The van der Waals surface area contributed by atoms with E-state index < -0.39 is 0 Å². The van der Waals surface area contributed by atoms with E-state index in [0.717, 1.165) is 49.4 Å². The van der Waals surface area contributed by atoms with Gasteiger partial charge in [0.15, 0.2) is 5.78 Å². The number of nitriles is 1. The van der Waals surface area contributed by atoms with Gasteiger partial charge in [0.25, 0.3) is 0 Å². The summed E-state index contributed by atoms with van der Waals surface area (Å²) < 4.78 is 0. The molecule has 0 aromatic heterocycles. The van der Waals surface area contributed by atoms with Crippen LogP contribution in [-0.2, 0) is 4.79 Å². The minimum Gasteiger partial charge on any atom is -0.295 e. The Balaban J connectivity index is 1.49. The number of rotatable bonds is 5. The second-order valence-electron chi connectivity index (χ2n) is 9.93. The highest BCUT2D eigenvalue weighted by atomic mass is 16.1. The van der Waals surface area contributed by atoms with Gasteiger partial charge in [-0.1, -0.05) is 19.4 Å². The van der Waals surface area contributed by atoms with E-state index in [1.54, 1.807) is 0 Å². The summed E-state index contributed by atoms with van der Waals surface area (Å²) in [7, 11) is 0. The van der Waals surface area contributed by atoms with Crippen molar-refractivity contribution < 1.29 is 4.79 Å². The summed E-state index contributed by atoms with van der Waals surface area (Å²) in [5.41, 5.74) is 1.80. The van der Waals surface area contributed by atoms with Crippen LogP contribution in [0.25, 0.3) is 0 Å². The number of carbonyl (C=O) groups excluding carboxylic acids is 1. The van der Waals surface area contributed by atoms with E-state index in [-0.39, 0.29) is 5.92 Å². The lowest BCUT2D eigenvalue weighted by Gasteiger charge is -2.47. The molecule has 2 nitrogen and oxygen atoms in total. The summed E-state index contributed by atoms with van der Waals surface area (Å²) >= 11 is 0. The molecule has 6 atom stereocenters. The van der Waals surface area contributed by atoms with Crippen LogP contribution in [-0.4, -0.2) is 5.78 Å². The van der Waals surface area contributed by atoms with Crippen molar-refractivity contribution in [2.75, 3.05) is 0 Å². The molecule has 3 saturated carbocycles. The molecule has 0 aromatic rings. The van der Waals surface area contributed by atoms with Gasteiger partial charge in [-0.2, -0.15) is 5.26 Å². The number of ketones is 1. The van der Waals surface area contributed by atoms with Gasteiger partial charge in [0.1, 0.15) is 0 Å². The Labute approximate surface area is 159 Å². The predicted molar refractivity (Wildman–Crippen MR) is 104 cm³/mol. The highest BCUT2D eigenvalue weighted by molar-refractivity contribution is 5.91. The minimum atomic E-state index is 0.288. The Morgan fingerprint density at radius 1 is 1.23 bits per heavy atom. The van der Waals surface area contributed by atoms with Crippen LogP contribution in [0.4, 0.5) is 0 Å². The van der Waals surface area contributed by atoms with Gasteiger partial charge < -0.3 is 0 Å². The molecule has 0 bridgehead atoms. The molecule has 0 spiro atoms. The fourth-order valence-electron chi connectivity index (χ4n) is 6.99. The van der Waals surface area contributed by atoms with E-state index in [1.807, 2.05) is 6.08 Å². The zero-order chi connectivity index (χ0) is 18.3. The number of hydrogen-bond donors (Lipinski definition) is 0. The van der Waals surface area contributed by atoms with Gasteiger partial charge in [-0.15, -0.1) is 0 Å². The largest absolute Gasteiger partial charge is 0.295 e. The number of nitrogens with zero attached hydrogens (tertiary/aromatic N) is 1. The van der Waals surface area contributed by atoms with Crippen LogP contribution in [0.1, 0.15) is 84.5 Å². The molecule has 0 aromatic carbocycles. The molecule has 4 aliphatic carbocycles. The molecule has 26 heavy (non-hydrogen) atoms. The van der Waals surface area contributed by atoms with Crippen molar-refractivity contribution in [3.63, 3.8) is 0 Å². The first-order valence-electron chi connectivity index (χ1n) is 11.2. The van der Waals surface area contributed by atoms with Gasteiger partial charge in [0, 0.05) is 6.42 Å². The highest BCUT2D eigenvalue weighted by Crippen LogP contribution is 2.60. The average Bonchev–Trinajstić information content (AvgIpc) is 3.43. The average molecular weight is 354 g/mol. The van der Waals surface area contributed by atoms with Crippen LogP contribution >= 0.6 is 0 Å². The highest BCUT2D eigenvalue weighted by Gasteiger charge is 2.52. The van der Waals surface area contributed by atoms with E-state index in [0.29, 0.717) is 17.1 Å². The lowest BCUT2D eigenvalue weighted by Crippen LogP contribution is -2.39. The number of fused-ring (bicyclic) bond motifs is 1. The zero-order valence-electron chi connectivity index (χ0n) is 16.7. The SMILES string of the molecule is CC[C@]12CC[C@H]([C@H]3CCC(=O)C=C3C[C@H](C)C3CC3)C[C@@H]1CC[C@@H]2C#N. The molecule has 0 N–H and O–H groups in total. The Bertz CT molecular complexity index is 625. The smallest absolute Gasteiger partial charge is 0.155 e. The number of allylic oxidation sites excluding steroid dienone is 2. The quantitative estimate of drug-likeness (QED) is 0.601. The molecule has 0 saturated heterocycles. The molecule has 4 aliphatic rings. The van der Waals surface area contributed by atoms with Crippen molar-refractivity contribution in [2.24, 2.45) is 40.9 Å². The van der Waals surface area contributed by atoms with Gasteiger partial charge >= 0.3 is 0 Å². The van der Waals surface area contributed by atoms with Crippen LogP contribution in [0.3, 0.4) is 0 Å². The second kappa shape index (κ2) is 7.14. The van der Waals surface area contributed by atoms with Gasteiger partial charge in [-0.3, -0.25) is 4.79 Å². The van der Waals surface area contributed by atoms with Crippen LogP contribution in [0.15, 0.2) is 11.6 Å². The molecule has 0 heterocycles. The summed E-state index contributed by atoms with van der Waals surface area (Å²) in [4.78, 5) is 12.1. The Hall–Kier alpha value is -1.10. The summed E-state index contributed by atoms with van der Waals surface area (Å²) in [6, 6.07) is 2.65. The molecule has 3 fully saturated rings. The van der Waals surface area contributed by atoms with Gasteiger partial charge in [0.2, 0.25) is 0 Å². The van der Waals surface area contributed by atoms with Crippen molar-refractivity contribution in [1.82, 2.24) is 0 Å². The monoisotopic (exact) mass is 353 g/mol. The predicted octanol–water partition coefficient (Wildman–Crippen LogP) is 6.07. The maximum atomic E-state index is 12.1. The van der Waals surface area contributed by atoms with E-state index in [2.05, 4.69) is 19.9 Å². The Kier molecular flexibility index (Phi) is 5.02. The lowest BCUT2D eigenvalue weighted by atomic mass is 9.57. The number of carbonyl (C=O) groups is 1. The van der Waals surface area contributed by atoms with Crippen LogP contribution in [0.2, 0.25) is 0 Å². The maximum absolute atomic E-state index is 12.1. The Morgan fingerprint density at radius 2 is 2.04 bits per heavy atom. The van der Waals surface area contributed by atoms with E-state index in [4.69, 9.17) is 0 Å². The Morgan fingerprint density at radius 3 is 2.73 bits per heavy atom. The van der Waals surface area contributed by atoms with Crippen molar-refractivity contribution in [2.45, 2.75) is 84.5 Å². The van der Waals surface area contributed by atoms with Crippen molar-refractivity contribution in [3.05, 3.63) is 11.6 Å². The van der Waals surface area contributed by atoms with Gasteiger partial charge in [-0.25, -0.2) is 0 Å². The lowest BCUT2D eigenvalue weighted by molar-refractivity contribution is -0.115. The molecule has 2 heteroatoms. The van der Waals surface area contributed by atoms with Gasteiger partial charge in [0.05, 0.1) is 12.0 Å². The van der Waals surface area contributed by atoms with E-state index in [1.165, 1.54) is 50.5 Å². The van der Waals surface area contributed by atoms with Crippen LogP contribution < -0.4 is 0 Å². The summed E-state index contributed by atoms with van der Waals surface area (Å²) in [5, 5.41) is 9.65. The fourth-order valence-corrected chi connectivity index (χ4v) is 6.99. The summed E-state index contributed by atoms with van der Waals surface area (Å²) in [6.07, 6.45) is 15.2. The van der Waals surface area contributed by atoms with E-state index in [9.17, 15) is 10.1 Å². The third kappa shape index (κ3) is 3.17. The van der Waals surface area contributed by atoms with Crippen LogP contribution in [0.5, 0.6) is 0 Å².